The van der Waals surface area contributed by atoms with Gasteiger partial charge in [-0.05, 0) is 13.3 Å². The number of nitrogens with zero attached hydrogens (tertiary/aromatic N) is 1. The molecule has 74 valence electrons. The first-order valence-corrected chi connectivity index (χ1v) is 4.36. The maximum absolute atomic E-state index is 11.1. The van der Waals surface area contributed by atoms with Crippen LogP contribution in [0, 0.1) is 0 Å². The second kappa shape index (κ2) is 2.85. The fourth-order valence-electron chi connectivity index (χ4n) is 1.89. The maximum Gasteiger partial charge on any atom is 0.410 e. The zero-order chi connectivity index (χ0) is 9.59. The van der Waals surface area contributed by atoms with Crippen LogP contribution < -0.4 is 0 Å². The van der Waals surface area contributed by atoms with Gasteiger partial charge in [0.2, 0.25) is 0 Å². The molecule has 0 saturated carbocycles. The predicted molar refractivity (Wildman–Crippen MR) is 43.0 cm³/mol. The van der Waals surface area contributed by atoms with Crippen molar-refractivity contribution >= 4 is 6.09 Å². The van der Waals surface area contributed by atoms with Crippen LogP contribution in [0.15, 0.2) is 0 Å². The number of likely N-dealkylation sites (N-methyl/N-ethyl adjacent to an activating group) is 1. The molecule has 2 fully saturated rings. The lowest BCUT2D eigenvalue weighted by Crippen LogP contribution is -2.49. The molecule has 2 heterocycles. The third-order valence-corrected chi connectivity index (χ3v) is 2.63. The van der Waals surface area contributed by atoms with Gasteiger partial charge in [-0.25, -0.2) is 4.79 Å². The highest BCUT2D eigenvalue weighted by Crippen LogP contribution is 2.30. The summed E-state index contributed by atoms with van der Waals surface area (Å²) in [6, 6.07) is -0.0498. The highest BCUT2D eigenvalue weighted by atomic mass is 16.7. The molecule has 0 bridgehead atoms. The number of hydrogen-bond acceptors (Lipinski definition) is 4. The van der Waals surface area contributed by atoms with Crippen LogP contribution in [0.4, 0.5) is 4.79 Å². The van der Waals surface area contributed by atoms with Gasteiger partial charge in [-0.15, -0.1) is 0 Å². The molecule has 2 aliphatic rings. The smallest absolute Gasteiger partial charge is 0.410 e. The first-order valence-electron chi connectivity index (χ1n) is 4.36. The molecular weight excluding hydrogens is 174 g/mol. The summed E-state index contributed by atoms with van der Waals surface area (Å²) in [6.07, 6.45) is -1.21. The zero-order valence-electron chi connectivity index (χ0n) is 7.64. The average Bonchev–Trinajstić information content (AvgIpc) is 2.32. The van der Waals surface area contributed by atoms with Crippen molar-refractivity contribution in [3.63, 3.8) is 0 Å². The second-order valence-corrected chi connectivity index (χ2v) is 3.60. The minimum atomic E-state index is -0.984. The van der Waals surface area contributed by atoms with Crippen LogP contribution in [0.3, 0.4) is 0 Å². The third-order valence-electron chi connectivity index (χ3n) is 2.63. The van der Waals surface area contributed by atoms with Crippen molar-refractivity contribution in [1.29, 1.82) is 0 Å². The standard InChI is InChI=1S/C8H13NO4/c1-4-3-5-6(7(10)12-4)13-8(11)9(5)2/h4-7,10H,3H2,1-2H3/t4-,5+,6-,7?/m1/s1. The van der Waals surface area contributed by atoms with Gasteiger partial charge < -0.3 is 19.5 Å². The molecule has 0 aromatic heterocycles. The monoisotopic (exact) mass is 187 g/mol. The Kier molecular flexibility index (Phi) is 1.92. The molecule has 5 nitrogen and oxygen atoms in total. The van der Waals surface area contributed by atoms with Gasteiger partial charge in [-0.2, -0.15) is 0 Å². The van der Waals surface area contributed by atoms with Crippen LogP contribution in [-0.4, -0.2) is 47.7 Å². The minimum absolute atomic E-state index is 0.0341. The molecule has 1 amide bonds. The number of rotatable bonds is 0. The Balaban J connectivity index is 2.17. The van der Waals surface area contributed by atoms with E-state index in [1.165, 1.54) is 4.90 Å². The minimum Gasteiger partial charge on any atom is -0.438 e. The van der Waals surface area contributed by atoms with Crippen LogP contribution in [0.5, 0.6) is 0 Å². The second-order valence-electron chi connectivity index (χ2n) is 3.60. The number of carbonyl (C=O) groups excluding carboxylic acids is 1. The third kappa shape index (κ3) is 1.28. The van der Waals surface area contributed by atoms with Gasteiger partial charge in [-0.3, -0.25) is 0 Å². The van der Waals surface area contributed by atoms with E-state index in [4.69, 9.17) is 9.47 Å². The zero-order valence-corrected chi connectivity index (χ0v) is 7.64. The molecule has 2 aliphatic heterocycles. The van der Waals surface area contributed by atoms with E-state index < -0.39 is 12.4 Å². The molecule has 0 aromatic rings. The molecule has 1 N–H and O–H groups in total. The maximum atomic E-state index is 11.1. The number of aliphatic hydroxyl groups is 1. The van der Waals surface area contributed by atoms with Gasteiger partial charge in [0.1, 0.15) is 0 Å². The summed E-state index contributed by atoms with van der Waals surface area (Å²) in [5.41, 5.74) is 0. The molecule has 2 saturated heterocycles. The Morgan fingerprint density at radius 3 is 3.00 bits per heavy atom. The van der Waals surface area contributed by atoms with Crippen molar-refractivity contribution in [3.05, 3.63) is 0 Å². The summed E-state index contributed by atoms with van der Waals surface area (Å²) in [6.45, 7) is 1.87. The summed E-state index contributed by atoms with van der Waals surface area (Å²) in [4.78, 5) is 12.7. The SMILES string of the molecule is C[C@@H]1C[C@H]2[C@@H](OC(=O)N2C)C(O)O1. The summed E-state index contributed by atoms with van der Waals surface area (Å²) in [5.74, 6) is 0. The Bertz CT molecular complexity index is 232. The Morgan fingerprint density at radius 1 is 1.62 bits per heavy atom. The van der Waals surface area contributed by atoms with E-state index in [2.05, 4.69) is 0 Å². The number of hydrogen-bond donors (Lipinski definition) is 1. The largest absolute Gasteiger partial charge is 0.438 e. The first kappa shape index (κ1) is 8.77. The summed E-state index contributed by atoms with van der Waals surface area (Å²) < 4.78 is 10.1. The highest BCUT2D eigenvalue weighted by molar-refractivity contribution is 5.70. The van der Waals surface area contributed by atoms with E-state index in [1.54, 1.807) is 7.05 Å². The lowest BCUT2D eigenvalue weighted by molar-refractivity contribution is -0.209. The van der Waals surface area contributed by atoms with Crippen molar-refractivity contribution in [1.82, 2.24) is 4.90 Å². The lowest BCUT2D eigenvalue weighted by Gasteiger charge is -2.33. The molecule has 4 atom stereocenters. The highest BCUT2D eigenvalue weighted by Gasteiger charge is 2.48. The van der Waals surface area contributed by atoms with Gasteiger partial charge in [0.15, 0.2) is 12.4 Å². The van der Waals surface area contributed by atoms with E-state index in [1.807, 2.05) is 6.92 Å². The van der Waals surface area contributed by atoms with E-state index >= 15 is 0 Å². The molecular formula is C8H13NO4. The van der Waals surface area contributed by atoms with E-state index in [0.717, 1.165) is 0 Å². The molecule has 0 spiro atoms. The van der Waals surface area contributed by atoms with Crippen LogP contribution in [0.1, 0.15) is 13.3 Å². The van der Waals surface area contributed by atoms with Crippen molar-refractivity contribution in [2.75, 3.05) is 7.05 Å². The molecule has 0 aliphatic carbocycles. The first-order chi connectivity index (χ1) is 6.09. The summed E-state index contributed by atoms with van der Waals surface area (Å²) in [5, 5.41) is 9.46. The molecule has 1 unspecified atom stereocenters. The number of aliphatic hydroxyl groups excluding tert-OH is 1. The normalized spacial score (nSPS) is 44.5. The van der Waals surface area contributed by atoms with Gasteiger partial charge in [0.05, 0.1) is 12.1 Å². The van der Waals surface area contributed by atoms with Gasteiger partial charge in [0.25, 0.3) is 0 Å². The molecule has 13 heavy (non-hydrogen) atoms. The van der Waals surface area contributed by atoms with E-state index in [9.17, 15) is 9.90 Å². The summed E-state index contributed by atoms with van der Waals surface area (Å²) in [7, 11) is 1.68. The molecule has 0 radical (unpaired) electrons. The van der Waals surface area contributed by atoms with Crippen LogP contribution in [-0.2, 0) is 9.47 Å². The van der Waals surface area contributed by atoms with Gasteiger partial charge in [-0.1, -0.05) is 0 Å². The van der Waals surface area contributed by atoms with Crippen molar-refractivity contribution < 1.29 is 19.4 Å². The van der Waals surface area contributed by atoms with Crippen LogP contribution >= 0.6 is 0 Å². The fraction of sp³-hybridized carbons (Fsp3) is 0.875. The lowest BCUT2D eigenvalue weighted by atomic mass is 10.0. The predicted octanol–water partition coefficient (Wildman–Crippen LogP) is -0.0672. The number of carbonyl (C=O) groups is 1. The molecule has 0 aromatic carbocycles. The number of fused-ring (bicyclic) bond motifs is 1. The van der Waals surface area contributed by atoms with Crippen molar-refractivity contribution in [2.24, 2.45) is 0 Å². The Morgan fingerprint density at radius 2 is 2.31 bits per heavy atom. The van der Waals surface area contributed by atoms with E-state index in [-0.39, 0.29) is 18.2 Å². The van der Waals surface area contributed by atoms with Crippen LogP contribution in [0.25, 0.3) is 0 Å². The topological polar surface area (TPSA) is 59.0 Å². The van der Waals surface area contributed by atoms with E-state index in [0.29, 0.717) is 6.42 Å². The Hall–Kier alpha value is -0.810. The van der Waals surface area contributed by atoms with Crippen LogP contribution in [0.2, 0.25) is 0 Å². The summed E-state index contributed by atoms with van der Waals surface area (Å²) >= 11 is 0. The van der Waals surface area contributed by atoms with Gasteiger partial charge in [0, 0.05) is 7.05 Å². The molecule has 2 rings (SSSR count). The fourth-order valence-corrected chi connectivity index (χ4v) is 1.89. The quantitative estimate of drug-likeness (QED) is 0.577. The Labute approximate surface area is 76.2 Å². The number of amides is 1. The van der Waals surface area contributed by atoms with Gasteiger partial charge >= 0.3 is 6.09 Å². The van der Waals surface area contributed by atoms with Crippen molar-refractivity contribution in [2.45, 2.75) is 37.9 Å². The average molecular weight is 187 g/mol. The molecule has 5 heteroatoms. The number of ether oxygens (including phenoxy) is 2. The van der Waals surface area contributed by atoms with Crippen molar-refractivity contribution in [3.8, 4) is 0 Å².